The predicted octanol–water partition coefficient (Wildman–Crippen LogP) is 2.27. The number of nitrogens with one attached hydrogen (secondary N) is 1. The molecule has 3 rings (SSSR count). The molecule has 0 radical (unpaired) electrons. The third kappa shape index (κ3) is 4.90. The van der Waals surface area contributed by atoms with Gasteiger partial charge in [-0.25, -0.2) is 5.43 Å². The Morgan fingerprint density at radius 1 is 1.04 bits per heavy atom. The van der Waals surface area contributed by atoms with Gasteiger partial charge in [0.05, 0.1) is 12.8 Å². The summed E-state index contributed by atoms with van der Waals surface area (Å²) in [7, 11) is 0. The third-order valence-electron chi connectivity index (χ3n) is 4.40. The second-order valence-corrected chi connectivity index (χ2v) is 6.25. The van der Waals surface area contributed by atoms with E-state index in [1.807, 2.05) is 30.3 Å². The topological polar surface area (TPSA) is 47.9 Å². The van der Waals surface area contributed by atoms with Crippen LogP contribution < -0.4 is 10.3 Å². The fourth-order valence-corrected chi connectivity index (χ4v) is 3.02. The van der Waals surface area contributed by atoms with E-state index in [9.17, 15) is 4.79 Å². The van der Waals surface area contributed by atoms with Gasteiger partial charge in [-0.15, -0.1) is 0 Å². The molecule has 130 valence electrons. The molecule has 0 bridgehead atoms. The van der Waals surface area contributed by atoms with Gasteiger partial charge in [0, 0.05) is 31.9 Å². The quantitative estimate of drug-likeness (QED) is 0.673. The van der Waals surface area contributed by atoms with Crippen LogP contribution in [0.2, 0.25) is 0 Å². The van der Waals surface area contributed by atoms with Crippen molar-refractivity contribution in [2.75, 3.05) is 37.6 Å². The lowest BCUT2D eigenvalue weighted by molar-refractivity contribution is -0.122. The van der Waals surface area contributed by atoms with Crippen molar-refractivity contribution in [1.29, 1.82) is 0 Å². The molecule has 1 aliphatic heterocycles. The number of amides is 1. The molecule has 1 aliphatic rings. The van der Waals surface area contributed by atoms with Crippen LogP contribution >= 0.6 is 0 Å². The first-order valence-electron chi connectivity index (χ1n) is 8.62. The van der Waals surface area contributed by atoms with E-state index in [-0.39, 0.29) is 5.91 Å². The maximum atomic E-state index is 12.0. The van der Waals surface area contributed by atoms with Crippen molar-refractivity contribution in [3.8, 4) is 0 Å². The molecule has 5 nitrogen and oxygen atoms in total. The van der Waals surface area contributed by atoms with Crippen molar-refractivity contribution in [2.45, 2.75) is 6.92 Å². The maximum Gasteiger partial charge on any atom is 0.254 e. The normalized spacial score (nSPS) is 15.5. The van der Waals surface area contributed by atoms with Gasteiger partial charge in [-0.3, -0.25) is 9.69 Å². The number of piperazine rings is 1. The van der Waals surface area contributed by atoms with Crippen molar-refractivity contribution in [3.63, 3.8) is 0 Å². The zero-order chi connectivity index (χ0) is 17.5. The van der Waals surface area contributed by atoms with Crippen LogP contribution in [-0.4, -0.2) is 49.7 Å². The Hall–Kier alpha value is -2.66. The Morgan fingerprint density at radius 2 is 1.72 bits per heavy atom. The highest BCUT2D eigenvalue weighted by Crippen LogP contribution is 2.20. The van der Waals surface area contributed by atoms with Crippen molar-refractivity contribution in [1.82, 2.24) is 10.3 Å². The van der Waals surface area contributed by atoms with Crippen LogP contribution in [-0.2, 0) is 4.79 Å². The third-order valence-corrected chi connectivity index (χ3v) is 4.40. The first-order valence-corrected chi connectivity index (χ1v) is 8.62. The Bertz CT molecular complexity index is 721. The van der Waals surface area contributed by atoms with E-state index in [0.717, 1.165) is 31.7 Å². The van der Waals surface area contributed by atoms with E-state index >= 15 is 0 Å². The monoisotopic (exact) mass is 336 g/mol. The van der Waals surface area contributed by atoms with Gasteiger partial charge in [-0.05, 0) is 24.1 Å². The van der Waals surface area contributed by atoms with Crippen molar-refractivity contribution >= 4 is 17.8 Å². The average molecular weight is 336 g/mol. The second-order valence-electron chi connectivity index (χ2n) is 6.25. The summed E-state index contributed by atoms with van der Waals surface area (Å²) in [5.41, 5.74) is 6.16. The van der Waals surface area contributed by atoms with Crippen LogP contribution in [0.5, 0.6) is 0 Å². The van der Waals surface area contributed by atoms with Gasteiger partial charge in [0.25, 0.3) is 5.91 Å². The summed E-state index contributed by atoms with van der Waals surface area (Å²) < 4.78 is 0. The Morgan fingerprint density at radius 3 is 2.44 bits per heavy atom. The highest BCUT2D eigenvalue weighted by Gasteiger charge is 2.19. The first kappa shape index (κ1) is 17.2. The van der Waals surface area contributed by atoms with E-state index in [0.29, 0.717) is 6.54 Å². The summed E-state index contributed by atoms with van der Waals surface area (Å²) in [5, 5.41) is 4.02. The van der Waals surface area contributed by atoms with Crippen molar-refractivity contribution in [2.24, 2.45) is 5.10 Å². The molecule has 25 heavy (non-hydrogen) atoms. The molecule has 1 heterocycles. The molecule has 0 saturated carbocycles. The van der Waals surface area contributed by atoms with Crippen LogP contribution in [0.25, 0.3) is 0 Å². The van der Waals surface area contributed by atoms with Gasteiger partial charge in [-0.1, -0.05) is 48.5 Å². The molecule has 2 aromatic carbocycles. The number of nitrogens with zero attached hydrogens (tertiary/aromatic N) is 3. The largest absolute Gasteiger partial charge is 0.369 e. The number of hydrogen-bond acceptors (Lipinski definition) is 4. The Kier molecular flexibility index (Phi) is 5.80. The lowest BCUT2D eigenvalue weighted by Gasteiger charge is -2.36. The second kappa shape index (κ2) is 8.44. The molecule has 1 fully saturated rings. The summed E-state index contributed by atoms with van der Waals surface area (Å²) in [6.07, 6.45) is 1.66. The first-order chi connectivity index (χ1) is 12.2. The standard InChI is InChI=1S/C20H24N4O/c1-17-7-5-6-10-19(17)24-13-11-23(12-14-24)16-20(25)22-21-15-18-8-3-2-4-9-18/h2-10,15H,11-14,16H2,1H3,(H,22,25)/b21-15+. The van der Waals surface area contributed by atoms with E-state index in [1.54, 1.807) is 6.21 Å². The lowest BCUT2D eigenvalue weighted by Crippen LogP contribution is -2.49. The molecule has 0 atom stereocenters. The minimum absolute atomic E-state index is 0.0727. The number of para-hydroxylation sites is 1. The fourth-order valence-electron chi connectivity index (χ4n) is 3.02. The fraction of sp³-hybridized carbons (Fsp3) is 0.300. The highest BCUT2D eigenvalue weighted by molar-refractivity contribution is 5.83. The number of anilines is 1. The van der Waals surface area contributed by atoms with E-state index in [4.69, 9.17) is 0 Å². The van der Waals surface area contributed by atoms with Crippen LogP contribution in [0.1, 0.15) is 11.1 Å². The zero-order valence-corrected chi connectivity index (χ0v) is 14.6. The smallest absolute Gasteiger partial charge is 0.254 e. The molecular formula is C20H24N4O. The van der Waals surface area contributed by atoms with Gasteiger partial charge < -0.3 is 4.90 Å². The molecular weight excluding hydrogens is 312 g/mol. The van der Waals surface area contributed by atoms with E-state index in [1.165, 1.54) is 11.3 Å². The van der Waals surface area contributed by atoms with Gasteiger partial charge in [0.15, 0.2) is 0 Å². The summed E-state index contributed by atoms with van der Waals surface area (Å²) in [4.78, 5) is 16.6. The summed E-state index contributed by atoms with van der Waals surface area (Å²) in [5.74, 6) is -0.0727. The van der Waals surface area contributed by atoms with Crippen molar-refractivity contribution < 1.29 is 4.79 Å². The molecule has 1 amide bonds. The highest BCUT2D eigenvalue weighted by atomic mass is 16.2. The molecule has 2 aromatic rings. The van der Waals surface area contributed by atoms with Crippen LogP contribution in [0.15, 0.2) is 59.7 Å². The molecule has 0 unspecified atom stereocenters. The summed E-state index contributed by atoms with van der Waals surface area (Å²) in [6.45, 7) is 6.15. The van der Waals surface area contributed by atoms with E-state index in [2.05, 4.69) is 51.5 Å². The SMILES string of the molecule is Cc1ccccc1N1CCN(CC(=O)N/N=C/c2ccccc2)CC1. The number of aryl methyl sites for hydroxylation is 1. The minimum atomic E-state index is -0.0727. The van der Waals surface area contributed by atoms with Crippen LogP contribution in [0, 0.1) is 6.92 Å². The number of benzene rings is 2. The molecule has 1 N–H and O–H groups in total. The molecule has 0 aliphatic carbocycles. The summed E-state index contributed by atoms with van der Waals surface area (Å²) in [6, 6.07) is 18.2. The zero-order valence-electron chi connectivity index (χ0n) is 14.6. The van der Waals surface area contributed by atoms with Gasteiger partial charge >= 0.3 is 0 Å². The van der Waals surface area contributed by atoms with Gasteiger partial charge in [-0.2, -0.15) is 5.10 Å². The van der Waals surface area contributed by atoms with E-state index < -0.39 is 0 Å². The number of hydrazone groups is 1. The molecule has 0 aromatic heterocycles. The summed E-state index contributed by atoms with van der Waals surface area (Å²) >= 11 is 0. The number of carbonyl (C=O) groups is 1. The Balaban J connectivity index is 1.43. The lowest BCUT2D eigenvalue weighted by atomic mass is 10.1. The molecule has 5 heteroatoms. The minimum Gasteiger partial charge on any atom is -0.369 e. The number of carbonyl (C=O) groups excluding carboxylic acids is 1. The van der Waals surface area contributed by atoms with Crippen LogP contribution in [0.3, 0.4) is 0 Å². The van der Waals surface area contributed by atoms with Crippen LogP contribution in [0.4, 0.5) is 5.69 Å². The van der Waals surface area contributed by atoms with Gasteiger partial charge in [0.1, 0.15) is 0 Å². The van der Waals surface area contributed by atoms with Crippen molar-refractivity contribution in [3.05, 3.63) is 65.7 Å². The number of hydrogen-bond donors (Lipinski definition) is 1. The van der Waals surface area contributed by atoms with Gasteiger partial charge in [0.2, 0.25) is 0 Å². The predicted molar refractivity (Wildman–Crippen MR) is 102 cm³/mol. The maximum absolute atomic E-state index is 12.0. The Labute approximate surface area is 148 Å². The molecule has 1 saturated heterocycles. The molecule has 0 spiro atoms. The average Bonchev–Trinajstić information content (AvgIpc) is 2.64. The number of rotatable bonds is 5.